The highest BCUT2D eigenvalue weighted by Gasteiger charge is 2.24. The van der Waals surface area contributed by atoms with E-state index in [1.807, 2.05) is 6.07 Å². The largest absolute Gasteiger partial charge is 0.494 e. The molecule has 31 heavy (non-hydrogen) atoms. The standard InChI is InChI=1S/C22H21N3O6/c1-2-3-8-29-17-6-4-15(5-7-17)11-16(14-23)22(26)24-18-12-20-21(31-10-9-30-20)13-19(18)25(27)28/h4-7,11-13H,2-3,8-10H2,1H3,(H,24,26). The molecule has 1 aliphatic heterocycles. The van der Waals surface area contributed by atoms with Crippen molar-refractivity contribution in [3.05, 3.63) is 57.6 Å². The number of carbonyl (C=O) groups excluding carboxylic acids is 1. The number of benzene rings is 2. The third kappa shape index (κ3) is 5.51. The molecular formula is C22H21N3O6. The lowest BCUT2D eigenvalue weighted by Gasteiger charge is -2.19. The SMILES string of the molecule is CCCCOc1ccc(C=C(C#N)C(=O)Nc2cc3c(cc2[N+](=O)[O-])OCCO3)cc1. The second-order valence-corrected chi connectivity index (χ2v) is 6.67. The van der Waals surface area contributed by atoms with Gasteiger partial charge in [0.2, 0.25) is 0 Å². The molecule has 1 amide bonds. The molecule has 0 atom stereocenters. The highest BCUT2D eigenvalue weighted by molar-refractivity contribution is 6.10. The molecule has 0 radical (unpaired) electrons. The summed E-state index contributed by atoms with van der Waals surface area (Å²) in [6.45, 7) is 3.26. The molecule has 2 aromatic carbocycles. The monoisotopic (exact) mass is 423 g/mol. The summed E-state index contributed by atoms with van der Waals surface area (Å²) in [5, 5.41) is 23.3. The molecule has 0 aromatic heterocycles. The Kier molecular flexibility index (Phi) is 7.06. The van der Waals surface area contributed by atoms with E-state index in [0.717, 1.165) is 12.8 Å². The van der Waals surface area contributed by atoms with E-state index in [-0.39, 0.29) is 35.1 Å². The number of ether oxygens (including phenoxy) is 3. The van der Waals surface area contributed by atoms with E-state index in [1.54, 1.807) is 24.3 Å². The smallest absolute Gasteiger partial charge is 0.296 e. The molecule has 0 aliphatic carbocycles. The van der Waals surface area contributed by atoms with Gasteiger partial charge in [-0.3, -0.25) is 14.9 Å². The number of amides is 1. The second-order valence-electron chi connectivity index (χ2n) is 6.67. The average Bonchev–Trinajstić information content (AvgIpc) is 2.78. The first-order valence-electron chi connectivity index (χ1n) is 9.76. The van der Waals surface area contributed by atoms with Gasteiger partial charge in [-0.25, -0.2) is 0 Å². The van der Waals surface area contributed by atoms with Gasteiger partial charge in [0, 0.05) is 6.07 Å². The predicted molar refractivity (Wildman–Crippen MR) is 113 cm³/mol. The summed E-state index contributed by atoms with van der Waals surface area (Å²) in [6.07, 6.45) is 3.38. The molecule has 0 saturated carbocycles. The lowest BCUT2D eigenvalue weighted by Crippen LogP contribution is -2.18. The van der Waals surface area contributed by atoms with Gasteiger partial charge < -0.3 is 19.5 Å². The Morgan fingerprint density at radius 3 is 2.55 bits per heavy atom. The van der Waals surface area contributed by atoms with Crippen molar-refractivity contribution in [1.29, 1.82) is 5.26 Å². The summed E-state index contributed by atoms with van der Waals surface area (Å²) in [4.78, 5) is 23.4. The minimum atomic E-state index is -0.773. The summed E-state index contributed by atoms with van der Waals surface area (Å²) in [6, 6.07) is 11.3. The molecule has 0 spiro atoms. The number of nitro benzene ring substituents is 1. The molecule has 9 nitrogen and oxygen atoms in total. The Hall–Kier alpha value is -4.06. The zero-order valence-corrected chi connectivity index (χ0v) is 16.9. The van der Waals surface area contributed by atoms with Gasteiger partial charge in [-0.1, -0.05) is 25.5 Å². The number of nitrogens with zero attached hydrogens (tertiary/aromatic N) is 2. The van der Waals surface area contributed by atoms with Crippen molar-refractivity contribution in [2.24, 2.45) is 0 Å². The molecule has 1 N–H and O–H groups in total. The van der Waals surface area contributed by atoms with Crippen molar-refractivity contribution in [2.45, 2.75) is 19.8 Å². The fourth-order valence-electron chi connectivity index (χ4n) is 2.83. The predicted octanol–water partition coefficient (Wildman–Crippen LogP) is 4.09. The van der Waals surface area contributed by atoms with E-state index in [4.69, 9.17) is 14.2 Å². The van der Waals surface area contributed by atoms with Crippen LogP contribution in [0.4, 0.5) is 11.4 Å². The van der Waals surface area contributed by atoms with Gasteiger partial charge >= 0.3 is 0 Å². The van der Waals surface area contributed by atoms with Crippen LogP contribution < -0.4 is 19.5 Å². The Morgan fingerprint density at radius 2 is 1.94 bits per heavy atom. The van der Waals surface area contributed by atoms with Crippen LogP contribution in [0.5, 0.6) is 17.2 Å². The second kappa shape index (κ2) is 10.1. The van der Waals surface area contributed by atoms with Gasteiger partial charge in [-0.2, -0.15) is 5.26 Å². The molecule has 160 valence electrons. The van der Waals surface area contributed by atoms with E-state index < -0.39 is 10.8 Å². The molecule has 9 heteroatoms. The van der Waals surface area contributed by atoms with Gasteiger partial charge in [0.05, 0.1) is 17.6 Å². The molecular weight excluding hydrogens is 402 g/mol. The van der Waals surface area contributed by atoms with Crippen LogP contribution in [0.3, 0.4) is 0 Å². The normalized spacial score (nSPS) is 12.6. The summed E-state index contributed by atoms with van der Waals surface area (Å²) in [5.41, 5.74) is -0.0291. The molecule has 2 aromatic rings. The fraction of sp³-hybridized carbons (Fsp3) is 0.273. The topological polar surface area (TPSA) is 124 Å². The van der Waals surface area contributed by atoms with Crippen molar-refractivity contribution in [3.8, 4) is 23.3 Å². The van der Waals surface area contributed by atoms with E-state index in [0.29, 0.717) is 24.5 Å². The van der Waals surface area contributed by atoms with Crippen molar-refractivity contribution < 1.29 is 23.9 Å². The van der Waals surface area contributed by atoms with Crippen LogP contribution in [0, 0.1) is 21.4 Å². The summed E-state index contributed by atoms with van der Waals surface area (Å²) >= 11 is 0. The van der Waals surface area contributed by atoms with Crippen LogP contribution in [0.25, 0.3) is 6.08 Å². The highest BCUT2D eigenvalue weighted by Crippen LogP contribution is 2.39. The fourth-order valence-corrected chi connectivity index (χ4v) is 2.83. The highest BCUT2D eigenvalue weighted by atomic mass is 16.6. The number of fused-ring (bicyclic) bond motifs is 1. The number of hydrogen-bond acceptors (Lipinski definition) is 7. The zero-order chi connectivity index (χ0) is 22.2. The van der Waals surface area contributed by atoms with E-state index in [2.05, 4.69) is 12.2 Å². The molecule has 0 unspecified atom stereocenters. The van der Waals surface area contributed by atoms with Crippen LogP contribution >= 0.6 is 0 Å². The number of rotatable bonds is 8. The van der Waals surface area contributed by atoms with Crippen molar-refractivity contribution in [1.82, 2.24) is 0 Å². The first-order valence-corrected chi connectivity index (χ1v) is 9.76. The van der Waals surface area contributed by atoms with Crippen molar-refractivity contribution >= 4 is 23.4 Å². The number of unbranched alkanes of at least 4 members (excludes halogenated alkanes) is 1. The number of nitrogens with one attached hydrogen (secondary N) is 1. The third-order valence-electron chi connectivity index (χ3n) is 4.43. The average molecular weight is 423 g/mol. The maximum Gasteiger partial charge on any atom is 0.296 e. The maximum absolute atomic E-state index is 12.6. The third-order valence-corrected chi connectivity index (χ3v) is 4.43. The summed E-state index contributed by atoms with van der Waals surface area (Å²) in [7, 11) is 0. The number of carbonyl (C=O) groups is 1. The Labute approximate surface area is 179 Å². The van der Waals surface area contributed by atoms with Gasteiger partial charge in [-0.05, 0) is 30.2 Å². The Balaban J connectivity index is 1.78. The molecule has 1 aliphatic rings. The Morgan fingerprint density at radius 1 is 1.26 bits per heavy atom. The maximum atomic E-state index is 12.6. The van der Waals surface area contributed by atoms with Crippen LogP contribution in [-0.4, -0.2) is 30.7 Å². The van der Waals surface area contributed by atoms with Gasteiger partial charge in [0.15, 0.2) is 11.5 Å². The summed E-state index contributed by atoms with van der Waals surface area (Å²) < 4.78 is 16.4. The van der Waals surface area contributed by atoms with Crippen LogP contribution in [-0.2, 0) is 4.79 Å². The Bertz CT molecular complexity index is 1040. The molecule has 3 rings (SSSR count). The van der Waals surface area contributed by atoms with Crippen molar-refractivity contribution in [2.75, 3.05) is 25.1 Å². The van der Waals surface area contributed by atoms with Crippen LogP contribution in [0.1, 0.15) is 25.3 Å². The summed E-state index contributed by atoms with van der Waals surface area (Å²) in [5.74, 6) is 0.438. The quantitative estimate of drug-likeness (QED) is 0.223. The number of anilines is 1. The molecule has 0 fully saturated rings. The van der Waals surface area contributed by atoms with E-state index in [9.17, 15) is 20.2 Å². The zero-order valence-electron chi connectivity index (χ0n) is 16.9. The first-order chi connectivity index (χ1) is 15.0. The van der Waals surface area contributed by atoms with Gasteiger partial charge in [0.1, 0.15) is 36.3 Å². The number of nitriles is 1. The minimum Gasteiger partial charge on any atom is -0.494 e. The molecule has 0 bridgehead atoms. The van der Waals surface area contributed by atoms with Gasteiger partial charge in [0.25, 0.3) is 11.6 Å². The van der Waals surface area contributed by atoms with E-state index in [1.165, 1.54) is 18.2 Å². The first kappa shape index (κ1) is 21.6. The number of hydrogen-bond donors (Lipinski definition) is 1. The molecule has 0 saturated heterocycles. The number of nitro groups is 1. The van der Waals surface area contributed by atoms with Crippen LogP contribution in [0.2, 0.25) is 0 Å². The van der Waals surface area contributed by atoms with Gasteiger partial charge in [-0.15, -0.1) is 0 Å². The lowest BCUT2D eigenvalue weighted by molar-refractivity contribution is -0.384. The minimum absolute atomic E-state index is 0.0833. The van der Waals surface area contributed by atoms with E-state index >= 15 is 0 Å². The van der Waals surface area contributed by atoms with Crippen LogP contribution in [0.15, 0.2) is 42.0 Å². The lowest BCUT2D eigenvalue weighted by atomic mass is 10.1. The van der Waals surface area contributed by atoms with Crippen molar-refractivity contribution in [3.63, 3.8) is 0 Å². The molecule has 1 heterocycles.